The van der Waals surface area contributed by atoms with E-state index < -0.39 is 6.04 Å². The van der Waals surface area contributed by atoms with E-state index in [1.807, 2.05) is 62.4 Å². The molecule has 2 aromatic carbocycles. The molecule has 2 aromatic rings. The summed E-state index contributed by atoms with van der Waals surface area (Å²) in [4.78, 5) is 27.1. The maximum Gasteiger partial charge on any atom is 0.242 e. The summed E-state index contributed by atoms with van der Waals surface area (Å²) in [6.07, 6.45) is 0.562. The molecular weight excluding hydrogens is 392 g/mol. The topological polar surface area (TPSA) is 49.4 Å². The van der Waals surface area contributed by atoms with Crippen LogP contribution in [0.4, 0.5) is 0 Å². The molecule has 4 nitrogen and oxygen atoms in total. The maximum atomic E-state index is 13.0. The molecule has 28 heavy (non-hydrogen) atoms. The predicted octanol–water partition coefficient (Wildman–Crippen LogP) is 4.44. The van der Waals surface area contributed by atoms with Gasteiger partial charge in [0.15, 0.2) is 0 Å². The van der Waals surface area contributed by atoms with E-state index in [2.05, 4.69) is 5.32 Å². The van der Waals surface area contributed by atoms with Crippen LogP contribution in [0.15, 0.2) is 48.5 Å². The van der Waals surface area contributed by atoms with E-state index in [-0.39, 0.29) is 11.8 Å². The third kappa shape index (κ3) is 6.01. The van der Waals surface area contributed by atoms with E-state index >= 15 is 0 Å². The molecule has 0 radical (unpaired) electrons. The summed E-state index contributed by atoms with van der Waals surface area (Å²) in [5.74, 6) is 0.765. The Morgan fingerprint density at radius 1 is 1.11 bits per heavy atom. The van der Waals surface area contributed by atoms with E-state index in [1.54, 1.807) is 11.9 Å². The van der Waals surface area contributed by atoms with Gasteiger partial charge in [-0.25, -0.2) is 0 Å². The van der Waals surface area contributed by atoms with E-state index in [0.717, 1.165) is 16.7 Å². The number of carbonyl (C=O) groups excluding carboxylic acids is 2. The van der Waals surface area contributed by atoms with Crippen molar-refractivity contribution >= 4 is 35.2 Å². The lowest BCUT2D eigenvalue weighted by Gasteiger charge is -2.30. The molecule has 0 aliphatic carbocycles. The summed E-state index contributed by atoms with van der Waals surface area (Å²) in [6, 6.07) is 15.1. The number of nitrogens with zero attached hydrogens (tertiary/aromatic N) is 1. The third-order valence-electron chi connectivity index (χ3n) is 4.68. The summed E-state index contributed by atoms with van der Waals surface area (Å²) in [6.45, 7) is 4.37. The van der Waals surface area contributed by atoms with Gasteiger partial charge in [-0.2, -0.15) is 0 Å². The first-order valence-corrected chi connectivity index (χ1v) is 10.9. The zero-order chi connectivity index (χ0) is 20.5. The van der Waals surface area contributed by atoms with Crippen molar-refractivity contribution in [1.29, 1.82) is 0 Å². The standard InChI is InChI=1S/C22H27ClN2O2S/c1-4-20(22(27)24-3)25(13-17-10-6-5-9-16(17)2)21(26)15-28-14-18-11-7-8-12-19(18)23/h5-12,20H,4,13-15H2,1-3H3,(H,24,27)/t20-/m1/s1. The molecule has 0 aliphatic rings. The number of benzene rings is 2. The van der Waals surface area contributed by atoms with Gasteiger partial charge in [0.05, 0.1) is 5.75 Å². The summed E-state index contributed by atoms with van der Waals surface area (Å²) in [5.41, 5.74) is 3.16. The molecule has 0 saturated carbocycles. The summed E-state index contributed by atoms with van der Waals surface area (Å²) < 4.78 is 0. The van der Waals surface area contributed by atoms with Gasteiger partial charge in [-0.15, -0.1) is 11.8 Å². The van der Waals surface area contributed by atoms with E-state index in [9.17, 15) is 9.59 Å². The Hall–Kier alpha value is -1.98. The smallest absolute Gasteiger partial charge is 0.242 e. The number of nitrogens with one attached hydrogen (secondary N) is 1. The van der Waals surface area contributed by atoms with Crippen LogP contribution >= 0.6 is 23.4 Å². The molecule has 0 aliphatic heterocycles. The average Bonchev–Trinajstić information content (AvgIpc) is 2.70. The Bertz CT molecular complexity index is 813. The van der Waals surface area contributed by atoms with Crippen molar-refractivity contribution in [3.8, 4) is 0 Å². The normalized spacial score (nSPS) is 11.7. The molecule has 0 bridgehead atoms. The summed E-state index contributed by atoms with van der Waals surface area (Å²) >= 11 is 7.71. The van der Waals surface area contributed by atoms with Crippen LogP contribution in [0.25, 0.3) is 0 Å². The van der Waals surface area contributed by atoms with Crippen LogP contribution in [0.2, 0.25) is 5.02 Å². The molecule has 0 saturated heterocycles. The van der Waals surface area contributed by atoms with Gasteiger partial charge < -0.3 is 10.2 Å². The van der Waals surface area contributed by atoms with Crippen molar-refractivity contribution < 1.29 is 9.59 Å². The van der Waals surface area contributed by atoms with Crippen molar-refractivity contribution in [3.05, 3.63) is 70.2 Å². The number of hydrogen-bond donors (Lipinski definition) is 1. The highest BCUT2D eigenvalue weighted by molar-refractivity contribution is 7.99. The number of rotatable bonds is 9. The van der Waals surface area contributed by atoms with Crippen LogP contribution in [0.3, 0.4) is 0 Å². The SMILES string of the molecule is CC[C@H](C(=O)NC)N(Cc1ccccc1C)C(=O)CSCc1ccccc1Cl. The number of halogens is 1. The minimum absolute atomic E-state index is 0.0456. The van der Waals surface area contributed by atoms with Crippen molar-refractivity contribution in [2.45, 2.75) is 38.6 Å². The average molecular weight is 419 g/mol. The van der Waals surface area contributed by atoms with Gasteiger partial charge >= 0.3 is 0 Å². The van der Waals surface area contributed by atoms with Crippen LogP contribution < -0.4 is 5.32 Å². The molecule has 1 atom stereocenters. The highest BCUT2D eigenvalue weighted by Gasteiger charge is 2.28. The van der Waals surface area contributed by atoms with Gasteiger partial charge in [0.2, 0.25) is 11.8 Å². The second-order valence-electron chi connectivity index (χ2n) is 6.57. The molecule has 0 unspecified atom stereocenters. The molecule has 6 heteroatoms. The molecule has 150 valence electrons. The van der Waals surface area contributed by atoms with Crippen LogP contribution in [0, 0.1) is 6.92 Å². The number of amides is 2. The van der Waals surface area contributed by atoms with Gasteiger partial charge in [-0.05, 0) is 36.1 Å². The second kappa shape index (κ2) is 11.1. The molecule has 0 aromatic heterocycles. The van der Waals surface area contributed by atoms with Crippen LogP contribution in [-0.2, 0) is 21.9 Å². The van der Waals surface area contributed by atoms with E-state index in [1.165, 1.54) is 11.8 Å². The van der Waals surface area contributed by atoms with Gasteiger partial charge in [0, 0.05) is 24.4 Å². The highest BCUT2D eigenvalue weighted by atomic mass is 35.5. The summed E-state index contributed by atoms with van der Waals surface area (Å²) in [7, 11) is 1.60. The first-order chi connectivity index (χ1) is 13.5. The van der Waals surface area contributed by atoms with Gasteiger partial charge in [0.1, 0.15) is 6.04 Å². The number of carbonyl (C=O) groups is 2. The maximum absolute atomic E-state index is 13.0. The van der Waals surface area contributed by atoms with E-state index in [0.29, 0.717) is 29.5 Å². The molecule has 0 fully saturated rings. The second-order valence-corrected chi connectivity index (χ2v) is 7.96. The lowest BCUT2D eigenvalue weighted by molar-refractivity contribution is -0.139. The molecule has 2 rings (SSSR count). The Balaban J connectivity index is 2.12. The molecule has 1 N–H and O–H groups in total. The monoisotopic (exact) mass is 418 g/mol. The molecule has 2 amide bonds. The minimum atomic E-state index is -0.488. The Labute approximate surface area is 176 Å². The molecule has 0 spiro atoms. The largest absolute Gasteiger partial charge is 0.357 e. The highest BCUT2D eigenvalue weighted by Crippen LogP contribution is 2.22. The van der Waals surface area contributed by atoms with Crippen LogP contribution in [0.1, 0.15) is 30.0 Å². The first-order valence-electron chi connectivity index (χ1n) is 9.34. The predicted molar refractivity (Wildman–Crippen MR) is 117 cm³/mol. The third-order valence-corrected chi connectivity index (χ3v) is 6.01. The fourth-order valence-electron chi connectivity index (χ4n) is 3.00. The van der Waals surface area contributed by atoms with Crippen LogP contribution in [-0.4, -0.2) is 35.6 Å². The van der Waals surface area contributed by atoms with Crippen molar-refractivity contribution in [2.75, 3.05) is 12.8 Å². The number of likely N-dealkylation sites (N-methyl/N-ethyl adjacent to an activating group) is 1. The number of thioether (sulfide) groups is 1. The zero-order valence-electron chi connectivity index (χ0n) is 16.6. The lowest BCUT2D eigenvalue weighted by atomic mass is 10.1. The van der Waals surface area contributed by atoms with Crippen LogP contribution in [0.5, 0.6) is 0 Å². The van der Waals surface area contributed by atoms with Crippen molar-refractivity contribution in [2.24, 2.45) is 0 Å². The molecule has 0 heterocycles. The van der Waals surface area contributed by atoms with E-state index in [4.69, 9.17) is 11.6 Å². The Morgan fingerprint density at radius 3 is 2.36 bits per heavy atom. The lowest BCUT2D eigenvalue weighted by Crippen LogP contribution is -2.48. The zero-order valence-corrected chi connectivity index (χ0v) is 18.1. The van der Waals surface area contributed by atoms with Gasteiger partial charge in [-0.1, -0.05) is 61.0 Å². The first kappa shape index (κ1) is 22.3. The van der Waals surface area contributed by atoms with Gasteiger partial charge in [-0.3, -0.25) is 9.59 Å². The fraction of sp³-hybridized carbons (Fsp3) is 0.364. The quantitative estimate of drug-likeness (QED) is 0.655. The minimum Gasteiger partial charge on any atom is -0.357 e. The fourth-order valence-corrected chi connectivity index (χ4v) is 4.20. The van der Waals surface area contributed by atoms with Gasteiger partial charge in [0.25, 0.3) is 0 Å². The Morgan fingerprint density at radius 2 is 1.75 bits per heavy atom. The number of hydrogen-bond acceptors (Lipinski definition) is 3. The Kier molecular flexibility index (Phi) is 8.87. The van der Waals surface area contributed by atoms with Crippen molar-refractivity contribution in [1.82, 2.24) is 10.2 Å². The number of aryl methyl sites for hydroxylation is 1. The summed E-state index contributed by atoms with van der Waals surface area (Å²) in [5, 5.41) is 3.39. The molecular formula is C22H27ClN2O2S. The van der Waals surface area contributed by atoms with Crippen molar-refractivity contribution in [3.63, 3.8) is 0 Å².